The minimum atomic E-state index is -0.298. The summed E-state index contributed by atoms with van der Waals surface area (Å²) in [5.41, 5.74) is 1.39. The van der Waals surface area contributed by atoms with Crippen molar-refractivity contribution >= 4 is 11.5 Å². The van der Waals surface area contributed by atoms with Crippen LogP contribution in [0.4, 0.5) is 15.9 Å². The van der Waals surface area contributed by atoms with Crippen molar-refractivity contribution < 1.29 is 4.39 Å². The lowest BCUT2D eigenvalue weighted by molar-refractivity contribution is 0.418. The van der Waals surface area contributed by atoms with Gasteiger partial charge in [0, 0.05) is 49.0 Å². The number of pyridine rings is 2. The predicted molar refractivity (Wildman–Crippen MR) is 83.1 cm³/mol. The summed E-state index contributed by atoms with van der Waals surface area (Å²) in [5.74, 6) is 0.0166. The fraction of sp³-hybridized carbons (Fsp3) is 0.375. The fourth-order valence-corrected chi connectivity index (χ4v) is 1.89. The number of aromatic nitrogens is 2. The quantitative estimate of drug-likeness (QED) is 0.937. The molecular formula is C16H21FN4. The second-order valence-electron chi connectivity index (χ2n) is 5.98. The van der Waals surface area contributed by atoms with E-state index in [9.17, 15) is 4.39 Å². The van der Waals surface area contributed by atoms with Crippen LogP contribution in [-0.4, -0.2) is 22.6 Å². The third kappa shape index (κ3) is 3.98. The molecular weight excluding hydrogens is 267 g/mol. The summed E-state index contributed by atoms with van der Waals surface area (Å²) in [6, 6.07) is 5.35. The molecule has 0 aliphatic carbocycles. The van der Waals surface area contributed by atoms with Gasteiger partial charge >= 0.3 is 0 Å². The third-order valence-corrected chi connectivity index (χ3v) is 3.13. The first kappa shape index (κ1) is 15.4. The highest BCUT2D eigenvalue weighted by molar-refractivity contribution is 5.59. The van der Waals surface area contributed by atoms with E-state index in [4.69, 9.17) is 0 Å². The molecule has 0 spiro atoms. The van der Waals surface area contributed by atoms with Crippen molar-refractivity contribution in [1.82, 2.24) is 15.3 Å². The third-order valence-electron chi connectivity index (χ3n) is 3.13. The van der Waals surface area contributed by atoms with Crippen LogP contribution in [0.2, 0.25) is 0 Å². The first-order chi connectivity index (χ1) is 9.88. The average Bonchev–Trinajstić information content (AvgIpc) is 2.45. The molecule has 112 valence electrons. The minimum absolute atomic E-state index is 0.0626. The summed E-state index contributed by atoms with van der Waals surface area (Å²) in [7, 11) is 1.79. The molecule has 2 aromatic heterocycles. The average molecular weight is 288 g/mol. The van der Waals surface area contributed by atoms with Gasteiger partial charge < -0.3 is 10.2 Å². The summed E-state index contributed by atoms with van der Waals surface area (Å²) in [4.78, 5) is 9.85. The number of halogens is 1. The van der Waals surface area contributed by atoms with Crippen molar-refractivity contribution in [2.45, 2.75) is 32.9 Å². The largest absolute Gasteiger partial charge is 0.327 e. The van der Waals surface area contributed by atoms with E-state index in [0.717, 1.165) is 5.69 Å². The number of nitrogens with zero attached hydrogens (tertiary/aromatic N) is 3. The van der Waals surface area contributed by atoms with Gasteiger partial charge in [-0.1, -0.05) is 0 Å². The molecule has 0 saturated carbocycles. The van der Waals surface area contributed by atoms with E-state index >= 15 is 0 Å². The molecule has 0 bridgehead atoms. The Morgan fingerprint density at radius 3 is 2.43 bits per heavy atom. The monoisotopic (exact) mass is 288 g/mol. The van der Waals surface area contributed by atoms with Crippen molar-refractivity contribution in [2.24, 2.45) is 0 Å². The molecule has 0 saturated heterocycles. The van der Waals surface area contributed by atoms with Crippen LogP contribution in [0, 0.1) is 5.82 Å². The van der Waals surface area contributed by atoms with Gasteiger partial charge in [-0.25, -0.2) is 9.37 Å². The topological polar surface area (TPSA) is 41.1 Å². The molecule has 0 aromatic carbocycles. The lowest BCUT2D eigenvalue weighted by Crippen LogP contribution is -2.35. The Hall–Kier alpha value is -2.01. The van der Waals surface area contributed by atoms with E-state index in [1.165, 1.54) is 0 Å². The summed E-state index contributed by atoms with van der Waals surface area (Å²) < 4.78 is 14.6. The predicted octanol–water partition coefficient (Wildman–Crippen LogP) is 3.27. The molecule has 0 fully saturated rings. The van der Waals surface area contributed by atoms with E-state index in [0.29, 0.717) is 17.9 Å². The second-order valence-corrected chi connectivity index (χ2v) is 5.98. The molecule has 2 heterocycles. The van der Waals surface area contributed by atoms with Crippen molar-refractivity contribution in [3.63, 3.8) is 0 Å². The van der Waals surface area contributed by atoms with Gasteiger partial charge in [0.1, 0.15) is 0 Å². The molecule has 21 heavy (non-hydrogen) atoms. The Balaban J connectivity index is 2.25. The second kappa shape index (κ2) is 6.18. The van der Waals surface area contributed by atoms with Crippen LogP contribution in [0.3, 0.4) is 0 Å². The maximum atomic E-state index is 14.6. The fourth-order valence-electron chi connectivity index (χ4n) is 1.89. The van der Waals surface area contributed by atoms with E-state index in [1.807, 2.05) is 12.1 Å². The number of anilines is 2. The normalized spacial score (nSPS) is 11.5. The van der Waals surface area contributed by atoms with Gasteiger partial charge in [-0.15, -0.1) is 0 Å². The van der Waals surface area contributed by atoms with E-state index < -0.39 is 0 Å². The minimum Gasteiger partial charge on any atom is -0.327 e. The first-order valence-corrected chi connectivity index (χ1v) is 6.90. The molecule has 4 nitrogen and oxygen atoms in total. The number of rotatable bonds is 4. The summed E-state index contributed by atoms with van der Waals surface area (Å²) in [5, 5.41) is 3.29. The molecule has 0 atom stereocenters. The number of hydrogen-bond donors (Lipinski definition) is 1. The summed E-state index contributed by atoms with van der Waals surface area (Å²) in [6.45, 7) is 6.62. The standard InChI is InChI=1S/C16H21FN4/c1-16(2,3)20-11-12-5-10-19-15(14(12)17)21(4)13-6-8-18-9-7-13/h5-10,20H,11H2,1-4H3. The number of hydrogen-bond acceptors (Lipinski definition) is 4. The van der Waals surface area contributed by atoms with Crippen LogP contribution >= 0.6 is 0 Å². The highest BCUT2D eigenvalue weighted by atomic mass is 19.1. The Bertz CT molecular complexity index is 593. The molecule has 0 radical (unpaired) electrons. The maximum Gasteiger partial charge on any atom is 0.170 e. The van der Waals surface area contributed by atoms with Gasteiger partial charge in [0.15, 0.2) is 11.6 Å². The summed E-state index contributed by atoms with van der Waals surface area (Å²) >= 11 is 0. The van der Waals surface area contributed by atoms with Crippen LogP contribution < -0.4 is 10.2 Å². The van der Waals surface area contributed by atoms with Gasteiger partial charge in [0.2, 0.25) is 0 Å². The van der Waals surface area contributed by atoms with Gasteiger partial charge in [-0.05, 0) is 39.0 Å². The zero-order chi connectivity index (χ0) is 15.5. The van der Waals surface area contributed by atoms with Crippen molar-refractivity contribution in [3.05, 3.63) is 48.2 Å². The lowest BCUT2D eigenvalue weighted by Gasteiger charge is -2.23. The maximum absolute atomic E-state index is 14.6. The van der Waals surface area contributed by atoms with Crippen LogP contribution in [0.25, 0.3) is 0 Å². The van der Waals surface area contributed by atoms with Gasteiger partial charge in [0.25, 0.3) is 0 Å². The molecule has 5 heteroatoms. The van der Waals surface area contributed by atoms with Gasteiger partial charge in [0.05, 0.1) is 0 Å². The molecule has 2 rings (SSSR count). The molecule has 1 N–H and O–H groups in total. The molecule has 0 amide bonds. The smallest absolute Gasteiger partial charge is 0.170 e. The van der Waals surface area contributed by atoms with Crippen molar-refractivity contribution in [2.75, 3.05) is 11.9 Å². The SMILES string of the molecule is CN(c1ccncc1)c1nccc(CNC(C)(C)C)c1F. The molecule has 0 unspecified atom stereocenters. The molecule has 2 aromatic rings. The van der Waals surface area contributed by atoms with Gasteiger partial charge in [-0.3, -0.25) is 4.98 Å². The van der Waals surface area contributed by atoms with Crippen LogP contribution in [0.5, 0.6) is 0 Å². The highest BCUT2D eigenvalue weighted by Gasteiger charge is 2.16. The first-order valence-electron chi connectivity index (χ1n) is 6.90. The van der Waals surface area contributed by atoms with Gasteiger partial charge in [-0.2, -0.15) is 0 Å². The zero-order valence-electron chi connectivity index (χ0n) is 12.9. The van der Waals surface area contributed by atoms with Crippen LogP contribution in [0.1, 0.15) is 26.3 Å². The Labute approximate surface area is 125 Å². The zero-order valence-corrected chi connectivity index (χ0v) is 12.9. The van der Waals surface area contributed by atoms with Crippen molar-refractivity contribution in [3.8, 4) is 0 Å². The Morgan fingerprint density at radius 2 is 1.81 bits per heavy atom. The van der Waals surface area contributed by atoms with Crippen LogP contribution in [-0.2, 0) is 6.54 Å². The van der Waals surface area contributed by atoms with Crippen molar-refractivity contribution in [1.29, 1.82) is 0 Å². The molecule has 0 aliphatic rings. The van der Waals surface area contributed by atoms with Crippen LogP contribution in [0.15, 0.2) is 36.8 Å². The Morgan fingerprint density at radius 1 is 1.14 bits per heavy atom. The number of nitrogens with one attached hydrogen (secondary N) is 1. The summed E-state index contributed by atoms with van der Waals surface area (Å²) in [6.07, 6.45) is 4.99. The van der Waals surface area contributed by atoms with E-state index in [2.05, 4.69) is 36.1 Å². The Kier molecular flexibility index (Phi) is 4.53. The lowest BCUT2D eigenvalue weighted by atomic mass is 10.1. The molecule has 0 aliphatic heterocycles. The van der Waals surface area contributed by atoms with E-state index in [1.54, 1.807) is 36.6 Å². The van der Waals surface area contributed by atoms with E-state index in [-0.39, 0.29) is 11.4 Å². The highest BCUT2D eigenvalue weighted by Crippen LogP contribution is 2.25.